The molecule has 1 fully saturated rings. The highest BCUT2D eigenvalue weighted by molar-refractivity contribution is 7.87. The highest BCUT2D eigenvalue weighted by Gasteiger charge is 2.37. The van der Waals surface area contributed by atoms with Crippen LogP contribution in [0.2, 0.25) is 0 Å². The monoisotopic (exact) mass is 222 g/mol. The van der Waals surface area contributed by atoms with Crippen LogP contribution in [0.1, 0.15) is 20.3 Å². The molecule has 1 N–H and O–H groups in total. The first-order chi connectivity index (χ1) is 6.50. The van der Waals surface area contributed by atoms with Crippen LogP contribution in [0.3, 0.4) is 0 Å². The van der Waals surface area contributed by atoms with Crippen molar-refractivity contribution >= 4 is 10.2 Å². The van der Waals surface area contributed by atoms with E-state index in [9.17, 15) is 8.42 Å². The first-order valence-electron chi connectivity index (χ1n) is 4.88. The summed E-state index contributed by atoms with van der Waals surface area (Å²) in [5, 5.41) is 8.64. The van der Waals surface area contributed by atoms with Gasteiger partial charge in [-0.1, -0.05) is 0 Å². The molecule has 1 aliphatic rings. The molecule has 0 amide bonds. The van der Waals surface area contributed by atoms with Crippen molar-refractivity contribution in [3.05, 3.63) is 0 Å². The van der Waals surface area contributed by atoms with Crippen LogP contribution in [0, 0.1) is 0 Å². The molecule has 1 saturated heterocycles. The average molecular weight is 222 g/mol. The molecule has 1 aliphatic heterocycles. The lowest BCUT2D eigenvalue weighted by molar-refractivity contribution is 0.273. The quantitative estimate of drug-likeness (QED) is 0.706. The molecule has 0 saturated carbocycles. The summed E-state index contributed by atoms with van der Waals surface area (Å²) < 4.78 is 26.5. The first kappa shape index (κ1) is 11.9. The zero-order valence-electron chi connectivity index (χ0n) is 8.68. The molecule has 0 aliphatic carbocycles. The minimum Gasteiger partial charge on any atom is -0.396 e. The molecule has 0 spiro atoms. The molecule has 0 aromatic heterocycles. The van der Waals surface area contributed by atoms with Gasteiger partial charge in [0, 0.05) is 32.3 Å². The summed E-state index contributed by atoms with van der Waals surface area (Å²) >= 11 is 0. The van der Waals surface area contributed by atoms with Crippen LogP contribution in [-0.4, -0.2) is 54.4 Å². The standard InChI is InChI=1S/C8H18N2O3S/c1-8(2)10-6-5-9(4-3-7-11)14(10,12)13/h8,11H,3-7H2,1-2H3. The molecule has 0 radical (unpaired) electrons. The zero-order chi connectivity index (χ0) is 10.8. The summed E-state index contributed by atoms with van der Waals surface area (Å²) in [6.07, 6.45) is 0.505. The third kappa shape index (κ3) is 2.25. The fourth-order valence-electron chi connectivity index (χ4n) is 1.59. The maximum absolute atomic E-state index is 11.8. The Hall–Kier alpha value is -0.170. The summed E-state index contributed by atoms with van der Waals surface area (Å²) in [7, 11) is -3.24. The summed E-state index contributed by atoms with van der Waals surface area (Å²) in [6.45, 7) is 5.29. The predicted molar refractivity (Wildman–Crippen MR) is 54.0 cm³/mol. The lowest BCUT2D eigenvalue weighted by atomic mass is 10.4. The lowest BCUT2D eigenvalue weighted by Crippen LogP contribution is -2.37. The highest BCUT2D eigenvalue weighted by Crippen LogP contribution is 2.18. The van der Waals surface area contributed by atoms with Crippen molar-refractivity contribution < 1.29 is 13.5 Å². The van der Waals surface area contributed by atoms with Crippen LogP contribution in [0.5, 0.6) is 0 Å². The van der Waals surface area contributed by atoms with Gasteiger partial charge in [0.1, 0.15) is 0 Å². The van der Waals surface area contributed by atoms with E-state index in [2.05, 4.69) is 0 Å². The Morgan fingerprint density at radius 1 is 1.36 bits per heavy atom. The van der Waals surface area contributed by atoms with E-state index in [1.807, 2.05) is 13.8 Å². The molecule has 0 aromatic carbocycles. The molecule has 1 heterocycles. The van der Waals surface area contributed by atoms with Crippen LogP contribution in [0.25, 0.3) is 0 Å². The van der Waals surface area contributed by atoms with Gasteiger partial charge in [0.25, 0.3) is 10.2 Å². The van der Waals surface area contributed by atoms with E-state index < -0.39 is 10.2 Å². The smallest absolute Gasteiger partial charge is 0.282 e. The maximum atomic E-state index is 11.8. The minimum absolute atomic E-state index is 0.0131. The Labute approximate surface area is 85.5 Å². The summed E-state index contributed by atoms with van der Waals surface area (Å²) in [6, 6.07) is 0.0131. The third-order valence-corrected chi connectivity index (χ3v) is 4.55. The molecule has 0 unspecified atom stereocenters. The molecule has 6 heteroatoms. The normalized spacial score (nSPS) is 23.4. The van der Waals surface area contributed by atoms with E-state index in [1.165, 1.54) is 8.61 Å². The number of aliphatic hydroxyl groups is 1. The molecule has 14 heavy (non-hydrogen) atoms. The van der Waals surface area contributed by atoms with Gasteiger partial charge in [-0.3, -0.25) is 0 Å². The van der Waals surface area contributed by atoms with Crippen molar-refractivity contribution in [1.82, 2.24) is 8.61 Å². The lowest BCUT2D eigenvalue weighted by Gasteiger charge is -2.21. The Balaban J connectivity index is 2.67. The highest BCUT2D eigenvalue weighted by atomic mass is 32.2. The summed E-state index contributed by atoms with van der Waals surface area (Å²) in [5.41, 5.74) is 0. The van der Waals surface area contributed by atoms with Gasteiger partial charge in [-0.05, 0) is 20.3 Å². The van der Waals surface area contributed by atoms with Crippen LogP contribution in [0.4, 0.5) is 0 Å². The molecule has 0 aromatic rings. The first-order valence-corrected chi connectivity index (χ1v) is 6.27. The number of rotatable bonds is 4. The average Bonchev–Trinajstić information content (AvgIpc) is 2.37. The van der Waals surface area contributed by atoms with Crippen LogP contribution < -0.4 is 0 Å². The Bertz CT molecular complexity index is 276. The molecule has 1 rings (SSSR count). The van der Waals surface area contributed by atoms with Gasteiger partial charge in [0.05, 0.1) is 0 Å². The molecular formula is C8H18N2O3S. The van der Waals surface area contributed by atoms with Gasteiger partial charge in [0.2, 0.25) is 0 Å². The molecule has 0 atom stereocenters. The zero-order valence-corrected chi connectivity index (χ0v) is 9.50. The molecule has 5 nitrogen and oxygen atoms in total. The third-order valence-electron chi connectivity index (χ3n) is 2.33. The van der Waals surface area contributed by atoms with E-state index >= 15 is 0 Å². The summed E-state index contributed by atoms with van der Waals surface area (Å²) in [4.78, 5) is 0. The Morgan fingerprint density at radius 2 is 2.00 bits per heavy atom. The van der Waals surface area contributed by atoms with E-state index in [4.69, 9.17) is 5.11 Å². The second kappa shape index (κ2) is 4.57. The number of nitrogens with zero attached hydrogens (tertiary/aromatic N) is 2. The fourth-order valence-corrected chi connectivity index (χ4v) is 3.40. The SMILES string of the molecule is CC(C)N1CCN(CCCO)S1(=O)=O. The van der Waals surface area contributed by atoms with Crippen molar-refractivity contribution in [2.75, 3.05) is 26.2 Å². The molecule has 84 valence electrons. The molecular weight excluding hydrogens is 204 g/mol. The second-order valence-corrected chi connectivity index (χ2v) is 5.57. The minimum atomic E-state index is -3.24. The van der Waals surface area contributed by atoms with E-state index in [1.54, 1.807) is 0 Å². The van der Waals surface area contributed by atoms with Crippen molar-refractivity contribution in [2.24, 2.45) is 0 Å². The van der Waals surface area contributed by atoms with Crippen molar-refractivity contribution in [2.45, 2.75) is 26.3 Å². The molecule has 0 bridgehead atoms. The van der Waals surface area contributed by atoms with Gasteiger partial charge in [-0.15, -0.1) is 0 Å². The number of hydrogen-bond acceptors (Lipinski definition) is 3. The van der Waals surface area contributed by atoms with Crippen LogP contribution in [0.15, 0.2) is 0 Å². The van der Waals surface area contributed by atoms with E-state index in [0.717, 1.165) is 0 Å². The van der Waals surface area contributed by atoms with Gasteiger partial charge in [-0.25, -0.2) is 0 Å². The van der Waals surface area contributed by atoms with Crippen molar-refractivity contribution in [3.63, 3.8) is 0 Å². The number of hydrogen-bond donors (Lipinski definition) is 1. The van der Waals surface area contributed by atoms with Crippen molar-refractivity contribution in [1.29, 1.82) is 0 Å². The second-order valence-electron chi connectivity index (χ2n) is 3.69. The van der Waals surface area contributed by atoms with Crippen molar-refractivity contribution in [3.8, 4) is 0 Å². The maximum Gasteiger partial charge on any atom is 0.282 e. The Kier molecular flexibility index (Phi) is 3.88. The van der Waals surface area contributed by atoms with Crippen LogP contribution in [-0.2, 0) is 10.2 Å². The van der Waals surface area contributed by atoms with Gasteiger partial charge >= 0.3 is 0 Å². The Morgan fingerprint density at radius 3 is 2.43 bits per heavy atom. The predicted octanol–water partition coefficient (Wildman–Crippen LogP) is -0.360. The van der Waals surface area contributed by atoms with E-state index in [0.29, 0.717) is 26.1 Å². The van der Waals surface area contributed by atoms with Crippen LogP contribution >= 0.6 is 0 Å². The van der Waals surface area contributed by atoms with Gasteiger partial charge in [0.15, 0.2) is 0 Å². The van der Waals surface area contributed by atoms with Gasteiger partial charge in [-0.2, -0.15) is 17.0 Å². The topological polar surface area (TPSA) is 60.9 Å². The largest absolute Gasteiger partial charge is 0.396 e. The fraction of sp³-hybridized carbons (Fsp3) is 1.00. The van der Waals surface area contributed by atoms with E-state index in [-0.39, 0.29) is 12.6 Å². The van der Waals surface area contributed by atoms with Gasteiger partial charge < -0.3 is 5.11 Å². The summed E-state index contributed by atoms with van der Waals surface area (Å²) in [5.74, 6) is 0. The number of aliphatic hydroxyl groups excluding tert-OH is 1.